The van der Waals surface area contributed by atoms with Crippen molar-refractivity contribution in [1.29, 1.82) is 0 Å². The largest absolute Gasteiger partial charge is 0.491 e. The fraction of sp³-hybridized carbons (Fsp3) is 0.500. The zero-order chi connectivity index (χ0) is 14.5. The molecule has 0 saturated heterocycles. The average Bonchev–Trinajstić information content (AvgIpc) is 2.96. The molecular formula is C14H21N5O. The Morgan fingerprint density at radius 2 is 2.15 bits per heavy atom. The first-order valence-corrected chi connectivity index (χ1v) is 6.88. The van der Waals surface area contributed by atoms with Crippen LogP contribution in [0.3, 0.4) is 0 Å². The van der Waals surface area contributed by atoms with Gasteiger partial charge in [-0.15, -0.1) is 5.10 Å². The molecule has 0 amide bonds. The molecule has 0 fully saturated rings. The minimum Gasteiger partial charge on any atom is -0.491 e. The van der Waals surface area contributed by atoms with Crippen LogP contribution in [0.5, 0.6) is 5.75 Å². The summed E-state index contributed by atoms with van der Waals surface area (Å²) in [5, 5.41) is 15.0. The second kappa shape index (κ2) is 6.47. The maximum absolute atomic E-state index is 5.83. The van der Waals surface area contributed by atoms with Crippen LogP contribution in [-0.4, -0.2) is 33.4 Å². The molecule has 6 nitrogen and oxygen atoms in total. The van der Waals surface area contributed by atoms with Crippen molar-refractivity contribution in [3.8, 4) is 11.4 Å². The zero-order valence-corrected chi connectivity index (χ0v) is 12.4. The van der Waals surface area contributed by atoms with E-state index in [0.29, 0.717) is 0 Å². The zero-order valence-electron chi connectivity index (χ0n) is 12.4. The van der Waals surface area contributed by atoms with E-state index in [1.807, 2.05) is 38.2 Å². The lowest BCUT2D eigenvalue weighted by Crippen LogP contribution is -2.18. The fourth-order valence-electron chi connectivity index (χ4n) is 1.78. The van der Waals surface area contributed by atoms with Gasteiger partial charge in [0, 0.05) is 6.07 Å². The highest BCUT2D eigenvalue weighted by Gasteiger charge is 2.14. The van der Waals surface area contributed by atoms with Gasteiger partial charge in [-0.05, 0) is 49.9 Å². The average molecular weight is 275 g/mol. The first-order chi connectivity index (χ1) is 9.65. The maximum atomic E-state index is 5.83. The van der Waals surface area contributed by atoms with E-state index in [9.17, 15) is 0 Å². The van der Waals surface area contributed by atoms with E-state index in [-0.39, 0.29) is 12.1 Å². The Hall–Kier alpha value is -1.95. The van der Waals surface area contributed by atoms with Gasteiger partial charge in [-0.3, -0.25) is 0 Å². The minimum absolute atomic E-state index is 0.0733. The van der Waals surface area contributed by atoms with Crippen LogP contribution >= 0.6 is 0 Å². The van der Waals surface area contributed by atoms with Gasteiger partial charge in [-0.25, -0.2) is 0 Å². The summed E-state index contributed by atoms with van der Waals surface area (Å²) in [5.41, 5.74) is 0.896. The number of nitrogens with one attached hydrogen (secondary N) is 1. The molecule has 2 rings (SSSR count). The Balaban J connectivity index is 2.29. The normalized spacial score (nSPS) is 14.0. The predicted molar refractivity (Wildman–Crippen MR) is 77.0 cm³/mol. The highest BCUT2D eigenvalue weighted by atomic mass is 16.5. The topological polar surface area (TPSA) is 64.9 Å². The van der Waals surface area contributed by atoms with Gasteiger partial charge < -0.3 is 10.1 Å². The van der Waals surface area contributed by atoms with E-state index in [0.717, 1.165) is 23.7 Å². The third kappa shape index (κ3) is 3.14. The monoisotopic (exact) mass is 275 g/mol. The van der Waals surface area contributed by atoms with Crippen molar-refractivity contribution in [2.75, 3.05) is 7.05 Å². The number of ether oxygens (including phenoxy) is 1. The third-order valence-corrected chi connectivity index (χ3v) is 3.29. The number of hydrogen-bond acceptors (Lipinski definition) is 5. The number of aromatic nitrogens is 4. The van der Waals surface area contributed by atoms with Crippen molar-refractivity contribution in [2.45, 2.75) is 39.3 Å². The van der Waals surface area contributed by atoms with Gasteiger partial charge in [0.15, 0.2) is 5.82 Å². The Morgan fingerprint density at radius 3 is 2.85 bits per heavy atom. The highest BCUT2D eigenvalue weighted by Crippen LogP contribution is 2.20. The molecule has 1 aromatic heterocycles. The van der Waals surface area contributed by atoms with Gasteiger partial charge in [0.05, 0.1) is 17.8 Å². The minimum atomic E-state index is 0.0733. The molecule has 0 aliphatic carbocycles. The van der Waals surface area contributed by atoms with Crippen LogP contribution < -0.4 is 10.1 Å². The molecule has 2 unspecified atom stereocenters. The summed E-state index contributed by atoms with van der Waals surface area (Å²) in [7, 11) is 1.88. The lowest BCUT2D eigenvalue weighted by Gasteiger charge is -2.14. The summed E-state index contributed by atoms with van der Waals surface area (Å²) in [4.78, 5) is 0. The Labute approximate surface area is 119 Å². The van der Waals surface area contributed by atoms with Gasteiger partial charge in [-0.1, -0.05) is 13.0 Å². The van der Waals surface area contributed by atoms with E-state index in [1.165, 1.54) is 0 Å². The Kier molecular flexibility index (Phi) is 4.68. The number of nitrogens with zero attached hydrogens (tertiary/aromatic N) is 4. The predicted octanol–water partition coefficient (Wildman–Crippen LogP) is 2.12. The molecular weight excluding hydrogens is 254 g/mol. The summed E-state index contributed by atoms with van der Waals surface area (Å²) >= 11 is 0. The molecule has 1 heterocycles. The molecule has 0 radical (unpaired) electrons. The molecule has 2 atom stereocenters. The van der Waals surface area contributed by atoms with Crippen LogP contribution in [0.15, 0.2) is 24.3 Å². The summed E-state index contributed by atoms with van der Waals surface area (Å²) in [6, 6.07) is 7.88. The van der Waals surface area contributed by atoms with Gasteiger partial charge in [-0.2, -0.15) is 4.68 Å². The van der Waals surface area contributed by atoms with Crippen LogP contribution in [0.1, 0.15) is 39.1 Å². The Bertz CT molecular complexity index is 554. The summed E-state index contributed by atoms with van der Waals surface area (Å²) < 4.78 is 7.56. The van der Waals surface area contributed by atoms with E-state index in [2.05, 4.69) is 34.7 Å². The molecule has 1 N–H and O–H groups in total. The van der Waals surface area contributed by atoms with Crippen molar-refractivity contribution in [1.82, 2.24) is 25.5 Å². The summed E-state index contributed by atoms with van der Waals surface area (Å²) in [6.45, 7) is 6.17. The van der Waals surface area contributed by atoms with Gasteiger partial charge in [0.25, 0.3) is 0 Å². The smallest absolute Gasteiger partial charge is 0.173 e. The highest BCUT2D eigenvalue weighted by molar-refractivity contribution is 5.39. The first kappa shape index (κ1) is 14.5. The Morgan fingerprint density at radius 1 is 1.35 bits per heavy atom. The van der Waals surface area contributed by atoms with Crippen LogP contribution in [0.25, 0.3) is 5.69 Å². The van der Waals surface area contributed by atoms with Crippen molar-refractivity contribution in [3.63, 3.8) is 0 Å². The summed E-state index contributed by atoms with van der Waals surface area (Å²) in [6.07, 6.45) is 1.16. The van der Waals surface area contributed by atoms with E-state index in [4.69, 9.17) is 4.74 Å². The number of hydrogen-bond donors (Lipinski definition) is 1. The molecule has 2 aromatic rings. The third-order valence-electron chi connectivity index (χ3n) is 3.29. The second-order valence-electron chi connectivity index (χ2n) is 4.79. The lowest BCUT2D eigenvalue weighted by molar-refractivity contribution is 0.217. The molecule has 6 heteroatoms. The van der Waals surface area contributed by atoms with E-state index < -0.39 is 0 Å². The molecule has 20 heavy (non-hydrogen) atoms. The van der Waals surface area contributed by atoms with E-state index in [1.54, 1.807) is 4.68 Å². The van der Waals surface area contributed by atoms with Crippen molar-refractivity contribution < 1.29 is 4.74 Å². The standard InChI is InChI=1S/C14H21N5O/c1-5-10(2)20-13-8-6-7-12(9-13)19-14(11(3)15-4)16-17-18-19/h6-11,15H,5H2,1-4H3. The van der Waals surface area contributed by atoms with Gasteiger partial charge in [0.1, 0.15) is 5.75 Å². The van der Waals surface area contributed by atoms with Crippen LogP contribution in [0.2, 0.25) is 0 Å². The van der Waals surface area contributed by atoms with E-state index >= 15 is 0 Å². The molecule has 1 aromatic carbocycles. The summed E-state index contributed by atoms with van der Waals surface area (Å²) in [5.74, 6) is 1.60. The molecule has 0 bridgehead atoms. The fourth-order valence-corrected chi connectivity index (χ4v) is 1.78. The van der Waals surface area contributed by atoms with Crippen LogP contribution in [0.4, 0.5) is 0 Å². The lowest BCUT2D eigenvalue weighted by atomic mass is 10.2. The van der Waals surface area contributed by atoms with Crippen LogP contribution in [0, 0.1) is 0 Å². The molecule has 0 spiro atoms. The van der Waals surface area contributed by atoms with Crippen molar-refractivity contribution in [2.24, 2.45) is 0 Å². The van der Waals surface area contributed by atoms with Gasteiger partial charge in [0.2, 0.25) is 0 Å². The molecule has 0 aliphatic rings. The SMILES string of the molecule is CCC(C)Oc1cccc(-n2nnnc2C(C)NC)c1. The maximum Gasteiger partial charge on any atom is 0.173 e. The van der Waals surface area contributed by atoms with Crippen molar-refractivity contribution >= 4 is 0 Å². The quantitative estimate of drug-likeness (QED) is 0.874. The van der Waals surface area contributed by atoms with Crippen LogP contribution in [-0.2, 0) is 0 Å². The molecule has 0 aliphatic heterocycles. The second-order valence-corrected chi connectivity index (χ2v) is 4.79. The molecule has 108 valence electrons. The van der Waals surface area contributed by atoms with Crippen molar-refractivity contribution in [3.05, 3.63) is 30.1 Å². The molecule has 0 saturated carbocycles. The number of benzene rings is 1. The first-order valence-electron chi connectivity index (χ1n) is 6.88. The number of tetrazole rings is 1. The number of rotatable bonds is 6. The van der Waals surface area contributed by atoms with Gasteiger partial charge >= 0.3 is 0 Å².